The van der Waals surface area contributed by atoms with Crippen molar-refractivity contribution in [3.05, 3.63) is 10.4 Å². The number of hydrogen-bond acceptors (Lipinski definition) is 7. The number of rotatable bonds is 5. The van der Waals surface area contributed by atoms with E-state index in [0.29, 0.717) is 0 Å². The molecule has 0 aromatic heterocycles. The van der Waals surface area contributed by atoms with E-state index >= 15 is 0 Å². The Kier molecular flexibility index (Phi) is 5.15. The summed E-state index contributed by atoms with van der Waals surface area (Å²) in [5, 5.41) is 29.7. The summed E-state index contributed by atoms with van der Waals surface area (Å²) in [4.78, 5) is 24.2. The summed E-state index contributed by atoms with van der Waals surface area (Å²) < 4.78 is 32.2. The average Bonchev–Trinajstić information content (AvgIpc) is 2.45. The van der Waals surface area contributed by atoms with Crippen molar-refractivity contribution in [3.63, 3.8) is 0 Å². The van der Waals surface area contributed by atoms with Gasteiger partial charge in [-0.2, -0.15) is 4.39 Å². The lowest BCUT2D eigenvalue weighted by molar-refractivity contribution is -0.265. The van der Waals surface area contributed by atoms with Crippen molar-refractivity contribution >= 4 is 11.8 Å². The van der Waals surface area contributed by atoms with Gasteiger partial charge in [0.25, 0.3) is 0 Å². The monoisotopic (exact) mass is 310 g/mol. The largest absolute Gasteiger partial charge is 0.477 e. The number of azide groups is 1. The molecule has 6 atom stereocenters. The number of carboxylic acid groups (broad SMARTS) is 1. The lowest BCUT2D eigenvalue weighted by Crippen LogP contribution is -2.69. The predicted octanol–water partition coefficient (Wildman–Crippen LogP) is -1.60. The Morgan fingerprint density at radius 1 is 1.57 bits per heavy atom. The smallest absolute Gasteiger partial charge is 0.372 e. The first-order valence-electron chi connectivity index (χ1n) is 5.56. The van der Waals surface area contributed by atoms with Gasteiger partial charge in [-0.3, -0.25) is 4.79 Å². The molecule has 0 radical (unpaired) electrons. The molecule has 0 bridgehead atoms. The molecule has 1 heterocycles. The molecule has 1 rings (SSSR count). The standard InChI is InChI=1S/C9H12F2N4O6/c10-7-4(14-15-13)3(12)6(5(18)2(17)1-16)21-9(7,11)8(19)20/h3-7,16,18H,1,12H2,(H,19,20). The number of aliphatic hydroxyl groups is 2. The number of nitrogens with zero attached hydrogens (tertiary/aromatic N) is 3. The van der Waals surface area contributed by atoms with Crippen molar-refractivity contribution in [3.8, 4) is 0 Å². The van der Waals surface area contributed by atoms with Gasteiger partial charge in [-0.25, -0.2) is 9.18 Å². The maximum atomic E-state index is 14.1. The molecule has 0 saturated carbocycles. The molecule has 0 spiro atoms. The van der Waals surface area contributed by atoms with Gasteiger partial charge in [0.05, 0.1) is 6.04 Å². The number of ketones is 1. The van der Waals surface area contributed by atoms with Crippen LogP contribution in [0.25, 0.3) is 10.4 Å². The Bertz CT molecular complexity index is 487. The molecule has 0 amide bonds. The molecule has 10 nitrogen and oxygen atoms in total. The number of ether oxygens (including phenoxy) is 1. The van der Waals surface area contributed by atoms with E-state index in [0.717, 1.165) is 0 Å². The zero-order valence-electron chi connectivity index (χ0n) is 10.3. The van der Waals surface area contributed by atoms with Crippen LogP contribution in [0.1, 0.15) is 0 Å². The van der Waals surface area contributed by atoms with Crippen molar-refractivity contribution in [2.75, 3.05) is 6.61 Å². The molecule has 1 fully saturated rings. The molecule has 6 unspecified atom stereocenters. The molecule has 0 aromatic rings. The topological polar surface area (TPSA) is 179 Å². The van der Waals surface area contributed by atoms with E-state index in [1.165, 1.54) is 0 Å². The third kappa shape index (κ3) is 2.94. The van der Waals surface area contributed by atoms with Crippen LogP contribution in [-0.2, 0) is 14.3 Å². The first-order valence-corrected chi connectivity index (χ1v) is 5.56. The van der Waals surface area contributed by atoms with Crippen LogP contribution in [0, 0.1) is 0 Å². The van der Waals surface area contributed by atoms with Crippen LogP contribution in [0.2, 0.25) is 0 Å². The van der Waals surface area contributed by atoms with E-state index < -0.39 is 54.7 Å². The highest BCUT2D eigenvalue weighted by molar-refractivity contribution is 5.84. The van der Waals surface area contributed by atoms with Gasteiger partial charge in [0.1, 0.15) is 18.8 Å². The average molecular weight is 310 g/mol. The van der Waals surface area contributed by atoms with E-state index in [2.05, 4.69) is 14.8 Å². The predicted molar refractivity (Wildman–Crippen MR) is 60.3 cm³/mol. The van der Waals surface area contributed by atoms with Crippen molar-refractivity contribution in [1.82, 2.24) is 0 Å². The third-order valence-corrected chi connectivity index (χ3v) is 3.01. The van der Waals surface area contributed by atoms with Crippen LogP contribution in [0.4, 0.5) is 8.78 Å². The lowest BCUT2D eigenvalue weighted by atomic mass is 9.87. The van der Waals surface area contributed by atoms with Crippen LogP contribution in [0.15, 0.2) is 5.11 Å². The minimum atomic E-state index is -3.96. The maximum Gasteiger partial charge on any atom is 0.372 e. The van der Waals surface area contributed by atoms with Gasteiger partial charge in [0, 0.05) is 11.0 Å². The fourth-order valence-electron chi connectivity index (χ4n) is 1.87. The number of aliphatic hydroxyl groups excluding tert-OH is 2. The zero-order valence-corrected chi connectivity index (χ0v) is 10.3. The molecule has 5 N–H and O–H groups in total. The number of carboxylic acids is 1. The quantitative estimate of drug-likeness (QED) is 0.268. The number of carbonyl (C=O) groups is 2. The molecule has 21 heavy (non-hydrogen) atoms. The van der Waals surface area contributed by atoms with Gasteiger partial charge < -0.3 is 25.8 Å². The molecule has 1 aliphatic rings. The van der Waals surface area contributed by atoms with Crippen molar-refractivity contribution in [1.29, 1.82) is 0 Å². The fourth-order valence-corrected chi connectivity index (χ4v) is 1.87. The minimum absolute atomic E-state index is 1.16. The summed E-state index contributed by atoms with van der Waals surface area (Å²) in [6.07, 6.45) is -7.19. The molecular formula is C9H12F2N4O6. The highest BCUT2D eigenvalue weighted by Crippen LogP contribution is 2.36. The summed E-state index contributed by atoms with van der Waals surface area (Å²) in [5.74, 6) is -7.59. The van der Waals surface area contributed by atoms with Crippen LogP contribution >= 0.6 is 0 Å². The van der Waals surface area contributed by atoms with Crippen LogP contribution < -0.4 is 5.73 Å². The molecule has 12 heteroatoms. The van der Waals surface area contributed by atoms with Crippen molar-refractivity contribution in [2.24, 2.45) is 10.8 Å². The highest BCUT2D eigenvalue weighted by atomic mass is 19.2. The van der Waals surface area contributed by atoms with E-state index in [9.17, 15) is 23.5 Å². The van der Waals surface area contributed by atoms with Crippen LogP contribution in [-0.4, -0.2) is 70.0 Å². The second-order valence-electron chi connectivity index (χ2n) is 4.28. The summed E-state index contributed by atoms with van der Waals surface area (Å²) in [7, 11) is 0. The third-order valence-electron chi connectivity index (χ3n) is 3.01. The lowest BCUT2D eigenvalue weighted by Gasteiger charge is -2.43. The number of halogens is 2. The first-order chi connectivity index (χ1) is 9.70. The van der Waals surface area contributed by atoms with Crippen molar-refractivity contribution in [2.45, 2.75) is 36.3 Å². The van der Waals surface area contributed by atoms with E-state index in [1.54, 1.807) is 0 Å². The summed E-state index contributed by atoms with van der Waals surface area (Å²) in [6.45, 7) is -1.16. The van der Waals surface area contributed by atoms with Crippen LogP contribution in [0.5, 0.6) is 0 Å². The molecule has 0 aliphatic carbocycles. The van der Waals surface area contributed by atoms with Crippen LogP contribution in [0.3, 0.4) is 0 Å². The maximum absolute atomic E-state index is 14.1. The summed E-state index contributed by atoms with van der Waals surface area (Å²) in [5.41, 5.74) is 13.7. The number of hydrogen-bond donors (Lipinski definition) is 4. The molecular weight excluding hydrogens is 298 g/mol. The SMILES string of the molecule is [N-]=[N+]=NC1C(N)C(C(O)C(=O)CO)OC(F)(C(=O)O)C1F. The van der Waals surface area contributed by atoms with Gasteiger partial charge >= 0.3 is 11.8 Å². The molecule has 118 valence electrons. The van der Waals surface area contributed by atoms with Gasteiger partial charge in [0.15, 0.2) is 12.0 Å². The summed E-state index contributed by atoms with van der Waals surface area (Å²) in [6, 6.07) is -3.74. The Labute approximate surface area is 115 Å². The second kappa shape index (κ2) is 6.28. The number of carbonyl (C=O) groups excluding carboxylic acids is 1. The van der Waals surface area contributed by atoms with E-state index in [-0.39, 0.29) is 0 Å². The summed E-state index contributed by atoms with van der Waals surface area (Å²) >= 11 is 0. The number of nitrogens with two attached hydrogens (primary N) is 1. The fraction of sp³-hybridized carbons (Fsp3) is 0.778. The minimum Gasteiger partial charge on any atom is -0.477 e. The zero-order chi connectivity index (χ0) is 16.4. The van der Waals surface area contributed by atoms with Gasteiger partial charge in [0.2, 0.25) is 0 Å². The van der Waals surface area contributed by atoms with Crippen molar-refractivity contribution < 1.29 is 38.4 Å². The molecule has 0 aromatic carbocycles. The normalized spacial score (nSPS) is 37.4. The molecule has 1 saturated heterocycles. The molecule has 1 aliphatic heterocycles. The number of aliphatic carboxylic acids is 1. The van der Waals surface area contributed by atoms with Gasteiger partial charge in [-0.1, -0.05) is 5.11 Å². The van der Waals surface area contributed by atoms with Gasteiger partial charge in [-0.15, -0.1) is 0 Å². The Hall–Kier alpha value is -1.85. The number of alkyl halides is 2. The first kappa shape index (κ1) is 17.2. The second-order valence-corrected chi connectivity index (χ2v) is 4.28. The van der Waals surface area contributed by atoms with E-state index in [1.807, 2.05) is 0 Å². The Morgan fingerprint density at radius 3 is 2.57 bits per heavy atom. The highest BCUT2D eigenvalue weighted by Gasteiger charge is 2.61. The Balaban J connectivity index is 3.24. The van der Waals surface area contributed by atoms with E-state index in [4.69, 9.17) is 21.5 Å². The Morgan fingerprint density at radius 2 is 2.14 bits per heavy atom. The number of Topliss-reactive ketones (excluding diaryl/α,β-unsaturated/α-hetero) is 1. The van der Waals surface area contributed by atoms with Gasteiger partial charge in [-0.05, 0) is 5.53 Å².